The summed E-state index contributed by atoms with van der Waals surface area (Å²) in [6.45, 7) is 21.6. The van der Waals surface area contributed by atoms with Crippen molar-refractivity contribution in [3.05, 3.63) is 0 Å². The minimum absolute atomic E-state index is 0.0647. The van der Waals surface area contributed by atoms with Crippen LogP contribution in [0.1, 0.15) is 164 Å². The van der Waals surface area contributed by atoms with Gasteiger partial charge in [0.25, 0.3) is 0 Å². The van der Waals surface area contributed by atoms with Crippen molar-refractivity contribution in [2.75, 3.05) is 32.7 Å². The molecule has 0 heterocycles. The fourth-order valence-electron chi connectivity index (χ4n) is 11.5. The van der Waals surface area contributed by atoms with E-state index in [1.807, 2.05) is 13.8 Å². The zero-order valence-electron chi connectivity index (χ0n) is 33.1. The van der Waals surface area contributed by atoms with Crippen LogP contribution in [0.4, 0.5) is 0 Å². The Morgan fingerprint density at radius 2 is 1.43 bits per heavy atom. The third kappa shape index (κ3) is 12.4. The lowest BCUT2D eigenvalue weighted by atomic mass is 9.44. The van der Waals surface area contributed by atoms with Crippen LogP contribution in [-0.2, 0) is 14.6 Å². The Labute approximate surface area is 304 Å². The highest BCUT2D eigenvalue weighted by Crippen LogP contribution is 2.68. The van der Waals surface area contributed by atoms with Crippen molar-refractivity contribution in [2.24, 2.45) is 63.9 Å². The molecule has 0 aliphatic heterocycles. The molecule has 0 spiro atoms. The summed E-state index contributed by atoms with van der Waals surface area (Å²) in [7, 11) is -4.40. The fourth-order valence-corrected chi connectivity index (χ4v) is 12.2. The summed E-state index contributed by atoms with van der Waals surface area (Å²) in [6, 6.07) is 0. The highest BCUT2D eigenvalue weighted by molar-refractivity contribution is 7.80. The topological polar surface area (TPSA) is 114 Å². The van der Waals surface area contributed by atoms with Crippen LogP contribution in [0, 0.1) is 58.2 Å². The molecule has 0 aromatic heterocycles. The van der Waals surface area contributed by atoms with Crippen molar-refractivity contribution < 1.29 is 17.2 Å². The van der Waals surface area contributed by atoms with Crippen LogP contribution in [0.15, 0.2) is 0 Å². The maximum absolute atomic E-state index is 11.3. The summed E-state index contributed by atoms with van der Waals surface area (Å²) in [6.07, 6.45) is 23.1. The minimum Gasteiger partial charge on any atom is -0.330 e. The molecule has 0 aromatic carbocycles. The third-order valence-electron chi connectivity index (χ3n) is 14.3. The number of fused-ring (bicyclic) bond motifs is 5. The quantitative estimate of drug-likeness (QED) is 0.0735. The summed E-state index contributed by atoms with van der Waals surface area (Å²) >= 11 is 0. The van der Waals surface area contributed by atoms with Gasteiger partial charge in [-0.1, -0.05) is 67.7 Å². The molecule has 4 saturated carbocycles. The van der Waals surface area contributed by atoms with Crippen molar-refractivity contribution in [2.45, 2.75) is 170 Å². The van der Waals surface area contributed by atoms with Gasteiger partial charge in [0, 0.05) is 0 Å². The van der Waals surface area contributed by atoms with E-state index < -0.39 is 16.5 Å². The van der Waals surface area contributed by atoms with Crippen molar-refractivity contribution >= 4 is 10.4 Å². The SMILES string of the molecule is CCCC1CCC2(C)C(CCC3C2CCC2(C)C3CCC2[C@H](C)CCC(OS(=O)(=O)O)C(C)C)C1.CCCCNCCCCNCCCN. The molecule has 0 amide bonds. The predicted octanol–water partition coefficient (Wildman–Crippen LogP) is 9.42. The Bertz CT molecular complexity index is 1010. The van der Waals surface area contributed by atoms with E-state index in [9.17, 15) is 13.0 Å². The molecule has 0 aromatic rings. The lowest BCUT2D eigenvalue weighted by molar-refractivity contribution is -0.121. The van der Waals surface area contributed by atoms with E-state index in [1.54, 1.807) is 0 Å². The fraction of sp³-hybridized carbons (Fsp3) is 1.00. The van der Waals surface area contributed by atoms with Gasteiger partial charge in [-0.3, -0.25) is 4.55 Å². The van der Waals surface area contributed by atoms with E-state index in [0.29, 0.717) is 23.2 Å². The predicted molar refractivity (Wildman–Crippen MR) is 207 cm³/mol. The average Bonchev–Trinajstić information content (AvgIpc) is 3.41. The van der Waals surface area contributed by atoms with E-state index in [0.717, 1.165) is 68.0 Å². The summed E-state index contributed by atoms with van der Waals surface area (Å²) in [5.41, 5.74) is 6.40. The Kier molecular flexibility index (Phi) is 18.4. The van der Waals surface area contributed by atoms with Gasteiger partial charge in [0.15, 0.2) is 0 Å². The van der Waals surface area contributed by atoms with Crippen molar-refractivity contribution in [1.82, 2.24) is 10.6 Å². The van der Waals surface area contributed by atoms with E-state index in [4.69, 9.17) is 9.92 Å². The first kappa shape index (κ1) is 43.2. The van der Waals surface area contributed by atoms with Crippen LogP contribution in [0.3, 0.4) is 0 Å². The lowest BCUT2D eigenvalue weighted by Gasteiger charge is -2.61. The van der Waals surface area contributed by atoms with Crippen LogP contribution in [0.5, 0.6) is 0 Å². The normalized spacial score (nSPS) is 34.0. The zero-order valence-corrected chi connectivity index (χ0v) is 33.9. The molecule has 0 saturated heterocycles. The molecule has 4 fully saturated rings. The molecule has 4 aliphatic carbocycles. The van der Waals surface area contributed by atoms with Crippen molar-refractivity contribution in [1.29, 1.82) is 0 Å². The van der Waals surface area contributed by atoms with E-state index in [-0.39, 0.29) is 5.92 Å². The standard InChI is InChI=1S/C30H54O4S.C11H27N3/c1-7-8-22-15-17-29(5)23(19-22)10-11-24-26-13-12-25(30(26,6)18-16-27(24)29)21(4)9-14-28(20(2)3)34-35(31,32)33;1-2-3-8-13-9-4-5-10-14-11-6-7-12/h20-28H,7-19H2,1-6H3,(H,31,32,33);13-14H,2-12H2,1H3/t21-,22?,23?,24?,25?,26?,27?,28?,29?,30?;/m1./s1. The zero-order chi connectivity index (χ0) is 36.1. The summed E-state index contributed by atoms with van der Waals surface area (Å²) < 4.78 is 36.9. The van der Waals surface area contributed by atoms with Gasteiger partial charge < -0.3 is 16.4 Å². The van der Waals surface area contributed by atoms with Gasteiger partial charge >= 0.3 is 10.4 Å². The molecule has 9 unspecified atom stereocenters. The molecule has 8 heteroatoms. The molecule has 4 rings (SSSR count). The van der Waals surface area contributed by atoms with Gasteiger partial charge in [0.2, 0.25) is 0 Å². The van der Waals surface area contributed by atoms with Gasteiger partial charge in [-0.05, 0) is 187 Å². The number of nitrogens with two attached hydrogens (primary N) is 1. The number of hydrogen-bond donors (Lipinski definition) is 4. The third-order valence-corrected chi connectivity index (χ3v) is 14.8. The first-order valence-electron chi connectivity index (χ1n) is 21.1. The molecule has 7 nitrogen and oxygen atoms in total. The van der Waals surface area contributed by atoms with Gasteiger partial charge in [-0.15, -0.1) is 0 Å². The Morgan fingerprint density at radius 3 is 2.04 bits per heavy atom. The summed E-state index contributed by atoms with van der Waals surface area (Å²) in [4.78, 5) is 0. The van der Waals surface area contributed by atoms with Crippen LogP contribution >= 0.6 is 0 Å². The van der Waals surface area contributed by atoms with E-state index >= 15 is 0 Å². The minimum atomic E-state index is -4.40. The monoisotopic (exact) mass is 712 g/mol. The molecular weight excluding hydrogens is 631 g/mol. The smallest absolute Gasteiger partial charge is 0.330 e. The molecule has 290 valence electrons. The molecule has 0 bridgehead atoms. The molecule has 49 heavy (non-hydrogen) atoms. The summed E-state index contributed by atoms with van der Waals surface area (Å²) in [5.74, 6) is 6.02. The van der Waals surface area contributed by atoms with Crippen LogP contribution < -0.4 is 16.4 Å². The number of unbranched alkanes of at least 4 members (excludes halogenated alkanes) is 2. The Hall–Kier alpha value is -0.250. The van der Waals surface area contributed by atoms with E-state index in [1.165, 1.54) is 109 Å². The van der Waals surface area contributed by atoms with E-state index in [2.05, 4.69) is 45.3 Å². The van der Waals surface area contributed by atoms with Gasteiger partial charge in [0.1, 0.15) is 0 Å². The Balaban J connectivity index is 0.000000393. The van der Waals surface area contributed by atoms with Gasteiger partial charge in [-0.25, -0.2) is 4.18 Å². The Morgan fingerprint density at radius 1 is 0.796 bits per heavy atom. The number of rotatable bonds is 20. The second kappa shape index (κ2) is 20.8. The van der Waals surface area contributed by atoms with Crippen LogP contribution in [0.2, 0.25) is 0 Å². The highest BCUT2D eigenvalue weighted by atomic mass is 32.3. The summed E-state index contributed by atoms with van der Waals surface area (Å²) in [5, 5.41) is 6.82. The molecule has 10 atom stereocenters. The maximum Gasteiger partial charge on any atom is 0.397 e. The second-order valence-corrected chi connectivity index (χ2v) is 18.9. The lowest BCUT2D eigenvalue weighted by Crippen LogP contribution is -2.53. The van der Waals surface area contributed by atoms with Gasteiger partial charge in [0.05, 0.1) is 6.10 Å². The first-order chi connectivity index (χ1) is 23.3. The highest BCUT2D eigenvalue weighted by Gasteiger charge is 2.60. The number of nitrogens with one attached hydrogen (secondary N) is 2. The van der Waals surface area contributed by atoms with Crippen LogP contribution in [-0.4, -0.2) is 51.8 Å². The number of hydrogen-bond acceptors (Lipinski definition) is 6. The first-order valence-corrected chi connectivity index (χ1v) is 22.4. The van der Waals surface area contributed by atoms with Gasteiger partial charge in [-0.2, -0.15) is 8.42 Å². The molecular formula is C41H81N3O4S. The van der Waals surface area contributed by atoms with Crippen LogP contribution in [0.25, 0.3) is 0 Å². The second-order valence-electron chi connectivity index (χ2n) is 17.9. The van der Waals surface area contributed by atoms with Crippen molar-refractivity contribution in [3.8, 4) is 0 Å². The molecule has 5 N–H and O–H groups in total. The largest absolute Gasteiger partial charge is 0.397 e. The van der Waals surface area contributed by atoms with Crippen molar-refractivity contribution in [3.63, 3.8) is 0 Å². The maximum atomic E-state index is 11.3. The molecule has 0 radical (unpaired) electrons. The molecule has 4 aliphatic rings. The average molecular weight is 712 g/mol.